The first-order valence-electron chi connectivity index (χ1n) is 4.86. The summed E-state index contributed by atoms with van der Waals surface area (Å²) in [4.78, 5) is 0. The van der Waals surface area contributed by atoms with Crippen LogP contribution in [-0.2, 0) is 0 Å². The standard InChI is InChI=1S/C11H14Cl2OS/c1-2-8(7-15)6-14-9-3-4-10(12)11(13)5-9/h3-5,8,15H,2,6-7H2,1H3. The highest BCUT2D eigenvalue weighted by Gasteiger charge is 2.06. The molecule has 15 heavy (non-hydrogen) atoms. The van der Waals surface area contributed by atoms with Crippen molar-refractivity contribution in [2.24, 2.45) is 5.92 Å². The molecule has 4 heteroatoms. The molecule has 0 saturated heterocycles. The highest BCUT2D eigenvalue weighted by Crippen LogP contribution is 2.26. The van der Waals surface area contributed by atoms with Crippen LogP contribution < -0.4 is 4.74 Å². The molecule has 1 aromatic rings. The Morgan fingerprint density at radius 1 is 1.33 bits per heavy atom. The lowest BCUT2D eigenvalue weighted by atomic mass is 10.1. The maximum atomic E-state index is 5.87. The Labute approximate surface area is 106 Å². The molecule has 0 radical (unpaired) electrons. The van der Waals surface area contributed by atoms with E-state index in [-0.39, 0.29) is 0 Å². The van der Waals surface area contributed by atoms with Gasteiger partial charge in [0.2, 0.25) is 0 Å². The van der Waals surface area contributed by atoms with Gasteiger partial charge >= 0.3 is 0 Å². The predicted octanol–water partition coefficient (Wildman–Crippen LogP) is 4.33. The Balaban J connectivity index is 2.54. The summed E-state index contributed by atoms with van der Waals surface area (Å²) in [7, 11) is 0. The van der Waals surface area contributed by atoms with Gasteiger partial charge in [-0.25, -0.2) is 0 Å². The van der Waals surface area contributed by atoms with Gasteiger partial charge in [-0.15, -0.1) is 0 Å². The number of hydrogen-bond donors (Lipinski definition) is 1. The third-order valence-electron chi connectivity index (χ3n) is 2.21. The lowest BCUT2D eigenvalue weighted by Crippen LogP contribution is -2.12. The average Bonchev–Trinajstić information content (AvgIpc) is 2.24. The minimum absolute atomic E-state index is 0.475. The molecule has 0 aliphatic rings. The SMILES string of the molecule is CCC(CS)COc1ccc(Cl)c(Cl)c1. The van der Waals surface area contributed by atoms with E-state index in [4.69, 9.17) is 27.9 Å². The van der Waals surface area contributed by atoms with Crippen LogP contribution in [0.3, 0.4) is 0 Å². The second kappa shape index (κ2) is 6.51. The monoisotopic (exact) mass is 264 g/mol. The molecule has 0 saturated carbocycles. The summed E-state index contributed by atoms with van der Waals surface area (Å²) in [5.41, 5.74) is 0. The molecule has 0 fully saturated rings. The summed E-state index contributed by atoms with van der Waals surface area (Å²) in [6.07, 6.45) is 1.06. The third kappa shape index (κ3) is 4.13. The van der Waals surface area contributed by atoms with E-state index < -0.39 is 0 Å². The quantitative estimate of drug-likeness (QED) is 0.780. The zero-order valence-corrected chi connectivity index (χ0v) is 10.9. The van der Waals surface area contributed by atoms with Gasteiger partial charge in [0, 0.05) is 12.0 Å². The van der Waals surface area contributed by atoms with Crippen molar-refractivity contribution >= 4 is 35.8 Å². The van der Waals surface area contributed by atoms with Crippen molar-refractivity contribution in [3.05, 3.63) is 28.2 Å². The Hall–Kier alpha value is -0.0500. The lowest BCUT2D eigenvalue weighted by Gasteiger charge is -2.13. The van der Waals surface area contributed by atoms with Crippen molar-refractivity contribution in [3.8, 4) is 5.75 Å². The van der Waals surface area contributed by atoms with Crippen molar-refractivity contribution in [3.63, 3.8) is 0 Å². The molecule has 1 nitrogen and oxygen atoms in total. The van der Waals surface area contributed by atoms with Crippen LogP contribution in [0, 0.1) is 5.92 Å². The minimum atomic E-state index is 0.475. The second-order valence-corrected chi connectivity index (χ2v) is 4.52. The van der Waals surface area contributed by atoms with Gasteiger partial charge in [-0.1, -0.05) is 30.1 Å². The molecule has 1 atom stereocenters. The number of benzene rings is 1. The fraction of sp³-hybridized carbons (Fsp3) is 0.455. The molecule has 1 unspecified atom stereocenters. The summed E-state index contributed by atoms with van der Waals surface area (Å²) in [6.45, 7) is 2.79. The van der Waals surface area contributed by atoms with Gasteiger partial charge in [0.1, 0.15) is 5.75 Å². The van der Waals surface area contributed by atoms with Crippen LogP contribution in [0.1, 0.15) is 13.3 Å². The van der Waals surface area contributed by atoms with Crippen LogP contribution in [0.15, 0.2) is 18.2 Å². The fourth-order valence-electron chi connectivity index (χ4n) is 1.08. The lowest BCUT2D eigenvalue weighted by molar-refractivity contribution is 0.259. The van der Waals surface area contributed by atoms with E-state index in [0.717, 1.165) is 17.9 Å². The van der Waals surface area contributed by atoms with Crippen molar-refractivity contribution in [1.29, 1.82) is 0 Å². The number of thiol groups is 1. The Bertz CT molecular complexity index is 313. The van der Waals surface area contributed by atoms with E-state index in [9.17, 15) is 0 Å². The molecule has 1 rings (SSSR count). The molecule has 0 heterocycles. The normalized spacial score (nSPS) is 12.5. The topological polar surface area (TPSA) is 9.23 Å². The van der Waals surface area contributed by atoms with Crippen molar-refractivity contribution in [2.45, 2.75) is 13.3 Å². The van der Waals surface area contributed by atoms with Gasteiger partial charge in [0.25, 0.3) is 0 Å². The van der Waals surface area contributed by atoms with Crippen molar-refractivity contribution in [1.82, 2.24) is 0 Å². The van der Waals surface area contributed by atoms with Crippen LogP contribution in [0.5, 0.6) is 5.75 Å². The Morgan fingerprint density at radius 3 is 2.60 bits per heavy atom. The second-order valence-electron chi connectivity index (χ2n) is 3.34. The predicted molar refractivity (Wildman–Crippen MR) is 69.6 cm³/mol. The van der Waals surface area contributed by atoms with Gasteiger partial charge in [-0.2, -0.15) is 12.6 Å². The maximum absolute atomic E-state index is 5.87. The Kier molecular flexibility index (Phi) is 5.65. The molecular weight excluding hydrogens is 251 g/mol. The summed E-state index contributed by atoms with van der Waals surface area (Å²) in [5.74, 6) is 2.06. The molecule has 0 aromatic heterocycles. The molecule has 0 amide bonds. The summed E-state index contributed by atoms with van der Waals surface area (Å²) in [5, 5.41) is 1.07. The molecule has 1 aromatic carbocycles. The van der Waals surface area contributed by atoms with Gasteiger partial charge in [-0.05, 0) is 24.3 Å². The third-order valence-corrected chi connectivity index (χ3v) is 3.47. The number of halogens is 2. The molecule has 0 spiro atoms. The van der Waals surface area contributed by atoms with Crippen LogP contribution in [-0.4, -0.2) is 12.4 Å². The van der Waals surface area contributed by atoms with E-state index >= 15 is 0 Å². The van der Waals surface area contributed by atoms with Crippen LogP contribution in [0.2, 0.25) is 10.0 Å². The average molecular weight is 265 g/mol. The summed E-state index contributed by atoms with van der Waals surface area (Å²) in [6, 6.07) is 5.29. The minimum Gasteiger partial charge on any atom is -0.493 e. The number of rotatable bonds is 5. The van der Waals surface area contributed by atoms with Gasteiger partial charge in [0.05, 0.1) is 16.7 Å². The van der Waals surface area contributed by atoms with Crippen molar-refractivity contribution in [2.75, 3.05) is 12.4 Å². The van der Waals surface area contributed by atoms with E-state index in [1.54, 1.807) is 12.1 Å². The van der Waals surface area contributed by atoms with Crippen LogP contribution in [0.4, 0.5) is 0 Å². The molecule has 0 N–H and O–H groups in total. The fourth-order valence-corrected chi connectivity index (χ4v) is 1.73. The maximum Gasteiger partial charge on any atom is 0.120 e. The van der Waals surface area contributed by atoms with Crippen LogP contribution in [0.25, 0.3) is 0 Å². The largest absolute Gasteiger partial charge is 0.493 e. The first-order chi connectivity index (χ1) is 7.17. The van der Waals surface area contributed by atoms with E-state index in [1.165, 1.54) is 0 Å². The van der Waals surface area contributed by atoms with Gasteiger partial charge < -0.3 is 4.74 Å². The summed E-state index contributed by atoms with van der Waals surface area (Å²) < 4.78 is 5.59. The highest BCUT2D eigenvalue weighted by molar-refractivity contribution is 7.80. The smallest absolute Gasteiger partial charge is 0.120 e. The van der Waals surface area contributed by atoms with E-state index in [0.29, 0.717) is 22.6 Å². The molecular formula is C11H14Cl2OS. The first-order valence-corrected chi connectivity index (χ1v) is 6.25. The number of ether oxygens (including phenoxy) is 1. The Morgan fingerprint density at radius 2 is 2.07 bits per heavy atom. The molecule has 0 aliphatic heterocycles. The zero-order valence-electron chi connectivity index (χ0n) is 8.54. The van der Waals surface area contributed by atoms with E-state index in [1.807, 2.05) is 6.07 Å². The summed E-state index contributed by atoms with van der Waals surface area (Å²) >= 11 is 15.9. The zero-order chi connectivity index (χ0) is 11.3. The molecule has 0 aliphatic carbocycles. The van der Waals surface area contributed by atoms with Crippen LogP contribution >= 0.6 is 35.8 Å². The van der Waals surface area contributed by atoms with Gasteiger partial charge in [-0.3, -0.25) is 0 Å². The highest BCUT2D eigenvalue weighted by atomic mass is 35.5. The van der Waals surface area contributed by atoms with Crippen molar-refractivity contribution < 1.29 is 4.74 Å². The van der Waals surface area contributed by atoms with Gasteiger partial charge in [0.15, 0.2) is 0 Å². The molecule has 84 valence electrons. The molecule has 0 bridgehead atoms. The van der Waals surface area contributed by atoms with E-state index in [2.05, 4.69) is 19.6 Å². The number of hydrogen-bond acceptors (Lipinski definition) is 2. The first kappa shape index (κ1) is 13.0.